The molecule has 1 unspecified atom stereocenters. The predicted octanol–water partition coefficient (Wildman–Crippen LogP) is 4.52. The second kappa shape index (κ2) is 5.53. The lowest BCUT2D eigenvalue weighted by Gasteiger charge is -2.25. The molecule has 0 heterocycles. The van der Waals surface area contributed by atoms with Crippen LogP contribution in [0.3, 0.4) is 0 Å². The Kier molecular flexibility index (Phi) is 4.10. The summed E-state index contributed by atoms with van der Waals surface area (Å²) in [6, 6.07) is 12.0. The highest BCUT2D eigenvalue weighted by molar-refractivity contribution is 5.38. The average Bonchev–Trinajstić information content (AvgIpc) is 2.46. The first-order valence-corrected chi connectivity index (χ1v) is 6.74. The van der Waals surface area contributed by atoms with Crippen molar-refractivity contribution in [3.05, 3.63) is 70.8 Å². The van der Waals surface area contributed by atoms with Crippen LogP contribution in [0.4, 0.5) is 13.2 Å². The molecule has 0 bridgehead atoms. The molecule has 1 N–H and O–H groups in total. The monoisotopic (exact) mass is 294 g/mol. The average molecular weight is 294 g/mol. The van der Waals surface area contributed by atoms with Crippen molar-refractivity contribution in [2.45, 2.75) is 32.0 Å². The van der Waals surface area contributed by atoms with Crippen molar-refractivity contribution in [2.75, 3.05) is 0 Å². The summed E-state index contributed by atoms with van der Waals surface area (Å²) < 4.78 is 37.7. The number of alkyl halides is 3. The van der Waals surface area contributed by atoms with Gasteiger partial charge in [0.1, 0.15) is 5.60 Å². The lowest BCUT2D eigenvalue weighted by atomic mass is 9.87. The van der Waals surface area contributed by atoms with Crippen LogP contribution in [-0.4, -0.2) is 5.11 Å². The van der Waals surface area contributed by atoms with E-state index >= 15 is 0 Å². The normalized spacial score (nSPS) is 14.8. The molecule has 0 fully saturated rings. The van der Waals surface area contributed by atoms with Crippen molar-refractivity contribution in [1.29, 1.82) is 0 Å². The molecule has 2 rings (SSSR count). The lowest BCUT2D eigenvalue weighted by Crippen LogP contribution is -2.23. The van der Waals surface area contributed by atoms with Crippen molar-refractivity contribution in [3.8, 4) is 0 Å². The SMILES string of the molecule is CCc1ccc(C(C)(O)c2ccc(C(F)(F)F)cc2)cc1. The zero-order valence-electron chi connectivity index (χ0n) is 11.9. The molecule has 0 amide bonds. The second-order valence-electron chi connectivity index (χ2n) is 5.20. The standard InChI is InChI=1S/C17H17F3O/c1-3-12-4-6-13(7-5-12)16(2,21)14-8-10-15(11-9-14)17(18,19)20/h4-11,21H,3H2,1-2H3. The minimum absolute atomic E-state index is 0.430. The van der Waals surface area contributed by atoms with E-state index in [1.54, 1.807) is 19.1 Å². The zero-order valence-corrected chi connectivity index (χ0v) is 11.9. The third kappa shape index (κ3) is 3.27. The van der Waals surface area contributed by atoms with Gasteiger partial charge in [-0.25, -0.2) is 0 Å². The molecular formula is C17H17F3O. The smallest absolute Gasteiger partial charge is 0.381 e. The predicted molar refractivity (Wildman–Crippen MR) is 75.9 cm³/mol. The number of halogens is 3. The molecule has 1 atom stereocenters. The van der Waals surface area contributed by atoms with E-state index in [0.29, 0.717) is 11.1 Å². The van der Waals surface area contributed by atoms with Gasteiger partial charge in [0.05, 0.1) is 5.56 Å². The summed E-state index contributed by atoms with van der Waals surface area (Å²) in [5, 5.41) is 10.6. The van der Waals surface area contributed by atoms with Crippen molar-refractivity contribution in [2.24, 2.45) is 0 Å². The van der Waals surface area contributed by atoms with E-state index in [1.165, 1.54) is 12.1 Å². The Labute approximate surface area is 122 Å². The molecular weight excluding hydrogens is 277 g/mol. The summed E-state index contributed by atoms with van der Waals surface area (Å²) in [7, 11) is 0. The summed E-state index contributed by atoms with van der Waals surface area (Å²) >= 11 is 0. The Hall–Kier alpha value is -1.81. The first kappa shape index (κ1) is 15.6. The fourth-order valence-corrected chi connectivity index (χ4v) is 2.22. The molecule has 1 nitrogen and oxygen atoms in total. The fourth-order valence-electron chi connectivity index (χ4n) is 2.22. The molecule has 0 aromatic heterocycles. The quantitative estimate of drug-likeness (QED) is 0.882. The molecule has 4 heteroatoms. The highest BCUT2D eigenvalue weighted by Crippen LogP contribution is 2.33. The minimum atomic E-state index is -4.37. The first-order valence-electron chi connectivity index (χ1n) is 6.74. The van der Waals surface area contributed by atoms with E-state index in [-0.39, 0.29) is 0 Å². The van der Waals surface area contributed by atoms with Gasteiger partial charge in [-0.1, -0.05) is 43.3 Å². The molecule has 0 aliphatic heterocycles. The number of aliphatic hydroxyl groups is 1. The van der Waals surface area contributed by atoms with Gasteiger partial charge in [-0.2, -0.15) is 13.2 Å². The zero-order chi connectivity index (χ0) is 15.7. The number of rotatable bonds is 3. The van der Waals surface area contributed by atoms with E-state index in [9.17, 15) is 18.3 Å². The number of hydrogen-bond acceptors (Lipinski definition) is 1. The van der Waals surface area contributed by atoms with E-state index < -0.39 is 17.3 Å². The van der Waals surface area contributed by atoms with Crippen LogP contribution in [0.5, 0.6) is 0 Å². The molecule has 0 spiro atoms. The molecule has 0 aliphatic carbocycles. The van der Waals surface area contributed by atoms with Crippen molar-refractivity contribution in [1.82, 2.24) is 0 Å². The Bertz CT molecular complexity index is 595. The molecule has 0 saturated heterocycles. The maximum atomic E-state index is 12.6. The summed E-state index contributed by atoms with van der Waals surface area (Å²) in [4.78, 5) is 0. The highest BCUT2D eigenvalue weighted by Gasteiger charge is 2.31. The Morgan fingerprint density at radius 2 is 1.19 bits per heavy atom. The van der Waals surface area contributed by atoms with Gasteiger partial charge in [-0.15, -0.1) is 0 Å². The van der Waals surface area contributed by atoms with Gasteiger partial charge < -0.3 is 5.11 Å². The van der Waals surface area contributed by atoms with Crippen LogP contribution < -0.4 is 0 Å². The van der Waals surface area contributed by atoms with Crippen molar-refractivity contribution < 1.29 is 18.3 Å². The fraction of sp³-hybridized carbons (Fsp3) is 0.294. The Morgan fingerprint density at radius 1 is 0.810 bits per heavy atom. The molecule has 0 saturated carbocycles. The van der Waals surface area contributed by atoms with Gasteiger partial charge in [0, 0.05) is 0 Å². The number of hydrogen-bond donors (Lipinski definition) is 1. The molecule has 112 valence electrons. The first-order chi connectivity index (χ1) is 9.75. The third-order valence-electron chi connectivity index (χ3n) is 3.70. The van der Waals surface area contributed by atoms with Crippen molar-refractivity contribution in [3.63, 3.8) is 0 Å². The van der Waals surface area contributed by atoms with Crippen LogP contribution in [-0.2, 0) is 18.2 Å². The summed E-state index contributed by atoms with van der Waals surface area (Å²) in [5.74, 6) is 0. The van der Waals surface area contributed by atoms with E-state index in [0.717, 1.165) is 24.1 Å². The van der Waals surface area contributed by atoms with Crippen LogP contribution in [0.1, 0.15) is 36.1 Å². The molecule has 2 aromatic rings. The lowest BCUT2D eigenvalue weighted by molar-refractivity contribution is -0.137. The van der Waals surface area contributed by atoms with Gasteiger partial charge in [0.2, 0.25) is 0 Å². The van der Waals surface area contributed by atoms with Gasteiger partial charge in [-0.3, -0.25) is 0 Å². The molecule has 21 heavy (non-hydrogen) atoms. The van der Waals surface area contributed by atoms with Crippen LogP contribution in [0.2, 0.25) is 0 Å². The summed E-state index contributed by atoms with van der Waals surface area (Å²) in [5.41, 5.74) is 0.181. The van der Waals surface area contributed by atoms with Crippen LogP contribution >= 0.6 is 0 Å². The Balaban J connectivity index is 2.34. The van der Waals surface area contributed by atoms with Gasteiger partial charge in [-0.05, 0) is 42.2 Å². The molecule has 2 aromatic carbocycles. The van der Waals surface area contributed by atoms with E-state index in [4.69, 9.17) is 0 Å². The van der Waals surface area contributed by atoms with Crippen molar-refractivity contribution >= 4 is 0 Å². The number of aryl methyl sites for hydroxylation is 1. The Morgan fingerprint density at radius 3 is 1.57 bits per heavy atom. The van der Waals surface area contributed by atoms with Gasteiger partial charge >= 0.3 is 6.18 Å². The molecule has 0 aliphatic rings. The largest absolute Gasteiger partial charge is 0.416 e. The van der Waals surface area contributed by atoms with E-state index in [2.05, 4.69) is 0 Å². The highest BCUT2D eigenvalue weighted by atomic mass is 19.4. The molecule has 0 radical (unpaired) electrons. The van der Waals surface area contributed by atoms with E-state index in [1.807, 2.05) is 19.1 Å². The summed E-state index contributed by atoms with van der Waals surface area (Å²) in [6.07, 6.45) is -3.48. The van der Waals surface area contributed by atoms with Crippen LogP contribution in [0.15, 0.2) is 48.5 Å². The maximum Gasteiger partial charge on any atom is 0.416 e. The maximum absolute atomic E-state index is 12.6. The minimum Gasteiger partial charge on any atom is -0.381 e. The van der Waals surface area contributed by atoms with Crippen LogP contribution in [0, 0.1) is 0 Å². The summed E-state index contributed by atoms with van der Waals surface area (Å²) in [6.45, 7) is 3.61. The van der Waals surface area contributed by atoms with Gasteiger partial charge in [0.25, 0.3) is 0 Å². The third-order valence-corrected chi connectivity index (χ3v) is 3.70. The van der Waals surface area contributed by atoms with Crippen LogP contribution in [0.25, 0.3) is 0 Å². The topological polar surface area (TPSA) is 20.2 Å². The number of benzene rings is 2. The second-order valence-corrected chi connectivity index (χ2v) is 5.20. The van der Waals surface area contributed by atoms with Gasteiger partial charge in [0.15, 0.2) is 0 Å².